The first kappa shape index (κ1) is 14.4. The maximum Gasteiger partial charge on any atom is 0.123 e. The third-order valence-corrected chi connectivity index (χ3v) is 4.39. The molecule has 3 heteroatoms. The van der Waals surface area contributed by atoms with E-state index in [-0.39, 0.29) is 0 Å². The Labute approximate surface area is 116 Å². The number of ether oxygens (including phenoxy) is 1. The molecule has 0 aromatic heterocycles. The van der Waals surface area contributed by atoms with Crippen molar-refractivity contribution in [3.8, 4) is 5.75 Å². The molecular weight excluding hydrogens is 236 g/mol. The number of aryl methyl sites for hydroxylation is 1. The molecule has 1 aliphatic heterocycles. The van der Waals surface area contributed by atoms with Crippen molar-refractivity contribution in [2.75, 3.05) is 27.2 Å². The molecule has 0 radical (unpaired) electrons. The largest absolute Gasteiger partial charge is 0.496 e. The normalized spacial score (nSPS) is 19.4. The van der Waals surface area contributed by atoms with E-state index in [0.29, 0.717) is 5.54 Å². The zero-order valence-corrected chi connectivity index (χ0v) is 12.6. The number of rotatable bonds is 4. The first-order valence-corrected chi connectivity index (χ1v) is 7.11. The summed E-state index contributed by atoms with van der Waals surface area (Å²) in [6.07, 6.45) is 2.41. The Morgan fingerprint density at radius 2 is 2.00 bits per heavy atom. The smallest absolute Gasteiger partial charge is 0.123 e. The molecule has 0 amide bonds. The fourth-order valence-electron chi connectivity index (χ4n) is 2.73. The van der Waals surface area contributed by atoms with E-state index in [1.54, 1.807) is 7.11 Å². The number of piperidine rings is 1. The van der Waals surface area contributed by atoms with E-state index < -0.39 is 0 Å². The number of methoxy groups -OCH3 is 1. The Kier molecular flexibility index (Phi) is 4.48. The summed E-state index contributed by atoms with van der Waals surface area (Å²) in [5, 5.41) is 3.45. The standard InChI is InChI=1S/C16H26N2O/c1-13-5-6-15(19-4)14(11-13)12-18-9-7-16(2,17-3)8-10-18/h5-6,11,17H,7-10,12H2,1-4H3. The topological polar surface area (TPSA) is 24.5 Å². The minimum Gasteiger partial charge on any atom is -0.496 e. The summed E-state index contributed by atoms with van der Waals surface area (Å²) in [4.78, 5) is 2.52. The molecule has 2 rings (SSSR count). The van der Waals surface area contributed by atoms with Gasteiger partial charge in [-0.25, -0.2) is 0 Å². The van der Waals surface area contributed by atoms with Crippen LogP contribution >= 0.6 is 0 Å². The molecule has 1 aromatic rings. The van der Waals surface area contributed by atoms with Crippen LogP contribution in [0.5, 0.6) is 5.75 Å². The Morgan fingerprint density at radius 3 is 2.58 bits per heavy atom. The molecule has 1 N–H and O–H groups in total. The van der Waals surface area contributed by atoms with Crippen molar-refractivity contribution in [3.05, 3.63) is 29.3 Å². The lowest BCUT2D eigenvalue weighted by Gasteiger charge is -2.39. The third kappa shape index (κ3) is 3.48. The van der Waals surface area contributed by atoms with Gasteiger partial charge in [0.05, 0.1) is 7.11 Å². The Balaban J connectivity index is 2.01. The monoisotopic (exact) mass is 262 g/mol. The van der Waals surface area contributed by atoms with E-state index in [9.17, 15) is 0 Å². The SMILES string of the molecule is CNC1(C)CCN(Cc2cc(C)ccc2OC)CC1. The molecule has 1 saturated heterocycles. The van der Waals surface area contributed by atoms with Gasteiger partial charge in [0.25, 0.3) is 0 Å². The van der Waals surface area contributed by atoms with E-state index in [1.807, 2.05) is 0 Å². The van der Waals surface area contributed by atoms with Gasteiger partial charge in [0, 0.05) is 30.7 Å². The molecule has 0 atom stereocenters. The van der Waals surface area contributed by atoms with Gasteiger partial charge in [-0.15, -0.1) is 0 Å². The van der Waals surface area contributed by atoms with Gasteiger partial charge in [0.15, 0.2) is 0 Å². The lowest BCUT2D eigenvalue weighted by molar-refractivity contribution is 0.145. The number of likely N-dealkylation sites (tertiary alicyclic amines) is 1. The third-order valence-electron chi connectivity index (χ3n) is 4.39. The first-order chi connectivity index (χ1) is 9.06. The fourth-order valence-corrected chi connectivity index (χ4v) is 2.73. The van der Waals surface area contributed by atoms with Crippen molar-refractivity contribution in [1.29, 1.82) is 0 Å². The average Bonchev–Trinajstić information content (AvgIpc) is 2.42. The first-order valence-electron chi connectivity index (χ1n) is 7.11. The highest BCUT2D eigenvalue weighted by Gasteiger charge is 2.28. The van der Waals surface area contributed by atoms with Crippen LogP contribution in [0.1, 0.15) is 30.9 Å². The highest BCUT2D eigenvalue weighted by molar-refractivity contribution is 5.36. The second-order valence-corrected chi connectivity index (χ2v) is 5.90. The summed E-state index contributed by atoms with van der Waals surface area (Å²) in [7, 11) is 3.82. The van der Waals surface area contributed by atoms with Gasteiger partial charge < -0.3 is 10.1 Å². The van der Waals surface area contributed by atoms with Gasteiger partial charge in [0.1, 0.15) is 5.75 Å². The Morgan fingerprint density at radius 1 is 1.32 bits per heavy atom. The van der Waals surface area contributed by atoms with E-state index in [1.165, 1.54) is 24.0 Å². The average molecular weight is 262 g/mol. The molecule has 1 fully saturated rings. The van der Waals surface area contributed by atoms with Gasteiger partial charge in [-0.1, -0.05) is 17.7 Å². The van der Waals surface area contributed by atoms with Gasteiger partial charge in [-0.05, 0) is 39.8 Å². The van der Waals surface area contributed by atoms with Crippen molar-refractivity contribution in [2.45, 2.75) is 38.8 Å². The predicted octanol–water partition coefficient (Wildman–Crippen LogP) is 2.58. The minimum absolute atomic E-state index is 0.313. The summed E-state index contributed by atoms with van der Waals surface area (Å²) in [6, 6.07) is 6.42. The molecule has 1 aliphatic rings. The van der Waals surface area contributed by atoms with Crippen LogP contribution in [-0.2, 0) is 6.54 Å². The fraction of sp³-hybridized carbons (Fsp3) is 0.625. The second-order valence-electron chi connectivity index (χ2n) is 5.90. The van der Waals surface area contributed by atoms with Gasteiger partial charge in [-0.2, -0.15) is 0 Å². The van der Waals surface area contributed by atoms with Crippen molar-refractivity contribution < 1.29 is 4.74 Å². The van der Waals surface area contributed by atoms with Crippen LogP contribution in [0.3, 0.4) is 0 Å². The lowest BCUT2D eigenvalue weighted by Crippen LogP contribution is -2.49. The maximum absolute atomic E-state index is 5.46. The molecular formula is C16H26N2O. The van der Waals surface area contributed by atoms with E-state index in [4.69, 9.17) is 4.74 Å². The molecule has 0 spiro atoms. The molecule has 0 bridgehead atoms. The van der Waals surface area contributed by atoms with Crippen LogP contribution in [-0.4, -0.2) is 37.7 Å². The minimum atomic E-state index is 0.313. The van der Waals surface area contributed by atoms with Crippen molar-refractivity contribution >= 4 is 0 Å². The zero-order valence-electron chi connectivity index (χ0n) is 12.6. The number of hydrogen-bond acceptors (Lipinski definition) is 3. The van der Waals surface area contributed by atoms with Crippen molar-refractivity contribution in [2.24, 2.45) is 0 Å². The van der Waals surface area contributed by atoms with Crippen LogP contribution < -0.4 is 10.1 Å². The number of benzene rings is 1. The summed E-state index contributed by atoms with van der Waals surface area (Å²) in [6.45, 7) is 7.74. The molecule has 1 heterocycles. The zero-order chi connectivity index (χ0) is 13.9. The predicted molar refractivity (Wildman–Crippen MR) is 79.7 cm³/mol. The molecule has 1 aromatic carbocycles. The molecule has 19 heavy (non-hydrogen) atoms. The highest BCUT2D eigenvalue weighted by atomic mass is 16.5. The summed E-state index contributed by atoms with van der Waals surface area (Å²) in [5.74, 6) is 1.01. The van der Waals surface area contributed by atoms with Crippen molar-refractivity contribution in [3.63, 3.8) is 0 Å². The van der Waals surface area contributed by atoms with Crippen LogP contribution in [0.4, 0.5) is 0 Å². The van der Waals surface area contributed by atoms with Crippen molar-refractivity contribution in [1.82, 2.24) is 10.2 Å². The van der Waals surface area contributed by atoms with E-state index >= 15 is 0 Å². The molecule has 0 saturated carbocycles. The lowest BCUT2D eigenvalue weighted by atomic mass is 9.89. The summed E-state index contributed by atoms with van der Waals surface area (Å²) >= 11 is 0. The van der Waals surface area contributed by atoms with Crippen LogP contribution in [0.2, 0.25) is 0 Å². The summed E-state index contributed by atoms with van der Waals surface area (Å²) < 4.78 is 5.46. The van der Waals surface area contributed by atoms with Crippen LogP contribution in [0.15, 0.2) is 18.2 Å². The van der Waals surface area contributed by atoms with E-state index in [0.717, 1.165) is 25.4 Å². The van der Waals surface area contributed by atoms with Gasteiger partial charge in [0.2, 0.25) is 0 Å². The van der Waals surface area contributed by atoms with Gasteiger partial charge >= 0.3 is 0 Å². The Bertz CT molecular complexity index is 423. The Hall–Kier alpha value is -1.06. The molecule has 0 unspecified atom stereocenters. The number of nitrogens with zero attached hydrogens (tertiary/aromatic N) is 1. The molecule has 3 nitrogen and oxygen atoms in total. The summed E-state index contributed by atoms with van der Waals surface area (Å²) in [5.41, 5.74) is 2.91. The van der Waals surface area contributed by atoms with E-state index in [2.05, 4.69) is 49.3 Å². The number of nitrogens with one attached hydrogen (secondary N) is 1. The van der Waals surface area contributed by atoms with Crippen LogP contribution in [0.25, 0.3) is 0 Å². The van der Waals surface area contributed by atoms with Crippen LogP contribution in [0, 0.1) is 6.92 Å². The highest BCUT2D eigenvalue weighted by Crippen LogP contribution is 2.26. The molecule has 106 valence electrons. The number of hydrogen-bond donors (Lipinski definition) is 1. The van der Waals surface area contributed by atoms with Gasteiger partial charge in [-0.3, -0.25) is 4.90 Å². The second kappa shape index (κ2) is 5.93. The quantitative estimate of drug-likeness (QED) is 0.902. The molecule has 0 aliphatic carbocycles. The maximum atomic E-state index is 5.46.